The summed E-state index contributed by atoms with van der Waals surface area (Å²) in [5.74, 6) is -0.177. The quantitative estimate of drug-likeness (QED) is 0.500. The third-order valence-electron chi connectivity index (χ3n) is 6.66. The minimum Gasteiger partial charge on any atom is -0.467 e. The number of hydrazone groups is 1. The van der Waals surface area contributed by atoms with Crippen molar-refractivity contribution in [3.8, 4) is 17.1 Å². The second-order valence-corrected chi connectivity index (χ2v) is 11.2. The molecular weight excluding hydrogens is 504 g/mol. The van der Waals surface area contributed by atoms with Crippen LogP contribution in [0.1, 0.15) is 35.3 Å². The number of hydrogen-bond acceptors (Lipinski definition) is 8. The number of carbonyl (C=O) groups excluding carboxylic acids is 1. The average Bonchev–Trinajstić information content (AvgIpc) is 2.87. The van der Waals surface area contributed by atoms with Crippen molar-refractivity contribution in [2.24, 2.45) is 5.10 Å². The van der Waals surface area contributed by atoms with E-state index in [0.717, 1.165) is 27.8 Å². The molecule has 196 valence electrons. The van der Waals surface area contributed by atoms with E-state index in [1.807, 2.05) is 56.3 Å². The minimum atomic E-state index is -4.08. The zero-order valence-electron chi connectivity index (χ0n) is 21.4. The molecule has 3 heterocycles. The lowest BCUT2D eigenvalue weighted by atomic mass is 9.97. The summed E-state index contributed by atoms with van der Waals surface area (Å²) in [5.41, 5.74) is 5.22. The van der Waals surface area contributed by atoms with E-state index in [1.165, 1.54) is 18.1 Å². The van der Waals surface area contributed by atoms with Crippen LogP contribution in [0, 0.1) is 13.8 Å². The van der Waals surface area contributed by atoms with Crippen LogP contribution in [0.15, 0.2) is 64.7 Å². The molecule has 0 saturated heterocycles. The molecule has 0 aliphatic carbocycles. The number of fused-ring (bicyclic) bond motifs is 6. The number of anilines is 1. The number of rotatable bonds is 2. The van der Waals surface area contributed by atoms with Crippen molar-refractivity contribution in [1.82, 2.24) is 19.9 Å². The molecule has 11 heteroatoms. The van der Waals surface area contributed by atoms with Gasteiger partial charge in [0.05, 0.1) is 17.1 Å². The first kappa shape index (κ1) is 25.4. The van der Waals surface area contributed by atoms with Gasteiger partial charge in [0.2, 0.25) is 17.7 Å². The molecule has 3 aromatic rings. The Morgan fingerprint density at radius 3 is 2.53 bits per heavy atom. The molecule has 10 nitrogen and oxygen atoms in total. The van der Waals surface area contributed by atoms with Gasteiger partial charge in [0.1, 0.15) is 12.6 Å². The zero-order valence-corrected chi connectivity index (χ0v) is 22.2. The Morgan fingerprint density at radius 2 is 1.79 bits per heavy atom. The van der Waals surface area contributed by atoms with Crippen molar-refractivity contribution in [1.29, 1.82) is 0 Å². The minimum absolute atomic E-state index is 0.0832. The van der Waals surface area contributed by atoms with Crippen LogP contribution < -0.4 is 9.46 Å². The number of hydrogen-bond donors (Lipinski definition) is 1. The number of carbonyl (C=O) groups is 1. The number of amides is 1. The van der Waals surface area contributed by atoms with Crippen LogP contribution in [0.25, 0.3) is 11.3 Å². The van der Waals surface area contributed by atoms with Crippen molar-refractivity contribution in [2.75, 3.05) is 17.8 Å². The molecule has 38 heavy (non-hydrogen) atoms. The highest BCUT2D eigenvalue weighted by Crippen LogP contribution is 2.34. The summed E-state index contributed by atoms with van der Waals surface area (Å²) in [5, 5.41) is 5.04. The van der Waals surface area contributed by atoms with Crippen LogP contribution in [0.3, 0.4) is 0 Å². The first-order chi connectivity index (χ1) is 18.1. The summed E-state index contributed by atoms with van der Waals surface area (Å²) >= 11 is 0. The Kier molecular flexibility index (Phi) is 6.62. The lowest BCUT2D eigenvalue weighted by Gasteiger charge is -2.35. The number of ether oxygens (including phenoxy) is 1. The van der Waals surface area contributed by atoms with E-state index in [9.17, 15) is 13.2 Å². The van der Waals surface area contributed by atoms with E-state index in [4.69, 9.17) is 4.74 Å². The summed E-state index contributed by atoms with van der Waals surface area (Å²) in [4.78, 5) is 23.8. The second kappa shape index (κ2) is 9.90. The van der Waals surface area contributed by atoms with Crippen molar-refractivity contribution in [2.45, 2.75) is 33.4 Å². The third-order valence-corrected chi connectivity index (χ3v) is 8.07. The van der Waals surface area contributed by atoms with Gasteiger partial charge >= 0.3 is 0 Å². The Morgan fingerprint density at radius 1 is 1.05 bits per heavy atom. The predicted octanol–water partition coefficient (Wildman–Crippen LogP) is 3.76. The van der Waals surface area contributed by atoms with Crippen molar-refractivity contribution >= 4 is 28.6 Å². The SMILES string of the molecule is C=NN1/C=C(\C)S(=O)(=O)Nc2nc(cc(-c3c(C)cccc3C)n2)OC2CN(Cc3ccccc32)C(=O)C1. The van der Waals surface area contributed by atoms with Gasteiger partial charge in [0, 0.05) is 31.1 Å². The Bertz CT molecular complexity index is 1550. The summed E-state index contributed by atoms with van der Waals surface area (Å²) in [6, 6.07) is 15.3. The fraction of sp³-hybridized carbons (Fsp3) is 0.259. The maximum atomic E-state index is 13.3. The van der Waals surface area contributed by atoms with Crippen LogP contribution in [-0.4, -0.2) is 54.0 Å². The maximum absolute atomic E-state index is 13.3. The van der Waals surface area contributed by atoms with E-state index < -0.39 is 16.1 Å². The molecule has 1 N–H and O–H groups in total. The normalized spacial score (nSPS) is 20.2. The van der Waals surface area contributed by atoms with Gasteiger partial charge in [-0.25, -0.2) is 18.1 Å². The predicted molar refractivity (Wildman–Crippen MR) is 145 cm³/mol. The number of nitrogens with zero attached hydrogens (tertiary/aromatic N) is 5. The molecular formula is C27H28N6O4S. The molecule has 1 atom stereocenters. The molecule has 0 radical (unpaired) electrons. The molecule has 0 fully saturated rings. The van der Waals surface area contributed by atoms with Gasteiger partial charge in [0.15, 0.2) is 0 Å². The standard InChI is InChI=1S/C27H28N6O4S/c1-17-8-7-9-18(2)26(17)22-12-24-30-27(29-22)31-38(35,36)19(3)13-33(28-4)16-25(34)32-14-20-10-5-6-11-21(20)23(15-32)37-24/h5-13,23H,4,14-16H2,1-3H3,(H,29,30,31)/b19-13+. The lowest BCUT2D eigenvalue weighted by molar-refractivity contribution is -0.134. The van der Waals surface area contributed by atoms with Gasteiger partial charge < -0.3 is 9.64 Å². The topological polar surface area (TPSA) is 117 Å². The molecule has 1 amide bonds. The van der Waals surface area contributed by atoms with Crippen molar-refractivity contribution in [3.63, 3.8) is 0 Å². The third kappa shape index (κ3) is 4.97. The second-order valence-electron chi connectivity index (χ2n) is 9.35. The first-order valence-electron chi connectivity index (χ1n) is 12.1. The zero-order chi connectivity index (χ0) is 27.0. The van der Waals surface area contributed by atoms with Crippen molar-refractivity contribution in [3.05, 3.63) is 81.9 Å². The van der Waals surface area contributed by atoms with Gasteiger partial charge in [-0.05, 0) is 43.0 Å². The molecule has 2 aliphatic rings. The highest BCUT2D eigenvalue weighted by molar-refractivity contribution is 7.96. The first-order valence-corrected chi connectivity index (χ1v) is 13.6. The monoisotopic (exact) mass is 532 g/mol. The van der Waals surface area contributed by atoms with Crippen LogP contribution in [0.2, 0.25) is 0 Å². The van der Waals surface area contributed by atoms with Gasteiger partial charge in [-0.15, -0.1) is 0 Å². The van der Waals surface area contributed by atoms with Gasteiger partial charge in [-0.2, -0.15) is 10.1 Å². The fourth-order valence-corrected chi connectivity index (χ4v) is 5.48. The maximum Gasteiger partial charge on any atom is 0.261 e. The lowest BCUT2D eigenvalue weighted by Crippen LogP contribution is -2.43. The molecule has 1 aromatic heterocycles. The summed E-state index contributed by atoms with van der Waals surface area (Å²) in [6.45, 7) is 9.33. The number of nitrogens with one attached hydrogen (secondary N) is 1. The Hall–Kier alpha value is -4.25. The van der Waals surface area contributed by atoms with Gasteiger partial charge in [-0.3, -0.25) is 9.80 Å². The molecule has 4 bridgehead atoms. The van der Waals surface area contributed by atoms with E-state index in [2.05, 4.69) is 26.5 Å². The van der Waals surface area contributed by atoms with E-state index in [1.54, 1.807) is 11.0 Å². The Balaban J connectivity index is 1.69. The molecule has 0 spiro atoms. The number of aryl methyl sites for hydroxylation is 2. The van der Waals surface area contributed by atoms with Crippen LogP contribution >= 0.6 is 0 Å². The average molecular weight is 533 g/mol. The number of benzene rings is 2. The van der Waals surface area contributed by atoms with Crippen molar-refractivity contribution < 1.29 is 17.9 Å². The highest BCUT2D eigenvalue weighted by Gasteiger charge is 2.31. The molecule has 1 unspecified atom stereocenters. The largest absolute Gasteiger partial charge is 0.467 e. The van der Waals surface area contributed by atoms with Crippen LogP contribution in [-0.2, 0) is 21.4 Å². The van der Waals surface area contributed by atoms with Gasteiger partial charge in [-0.1, -0.05) is 42.5 Å². The number of sulfonamides is 1. The summed E-state index contributed by atoms with van der Waals surface area (Å²) in [7, 11) is -4.08. The fourth-order valence-electron chi connectivity index (χ4n) is 4.73. The number of aromatic nitrogens is 2. The smallest absolute Gasteiger partial charge is 0.261 e. The Labute approximate surface area is 221 Å². The molecule has 5 rings (SSSR count). The summed E-state index contributed by atoms with van der Waals surface area (Å²) < 4.78 is 35.2. The van der Waals surface area contributed by atoms with E-state index in [0.29, 0.717) is 12.2 Å². The van der Waals surface area contributed by atoms with E-state index in [-0.39, 0.29) is 35.7 Å². The molecule has 2 aromatic carbocycles. The number of allylic oxidation sites excluding steroid dienone is 1. The van der Waals surface area contributed by atoms with Gasteiger partial charge in [0.25, 0.3) is 10.0 Å². The highest BCUT2D eigenvalue weighted by atomic mass is 32.2. The summed E-state index contributed by atoms with van der Waals surface area (Å²) in [6.07, 6.45) is 0.737. The van der Waals surface area contributed by atoms with Crippen LogP contribution in [0.5, 0.6) is 5.88 Å². The molecule has 0 saturated carbocycles. The van der Waals surface area contributed by atoms with Crippen LogP contribution in [0.4, 0.5) is 5.95 Å². The van der Waals surface area contributed by atoms with E-state index >= 15 is 0 Å². The molecule has 2 aliphatic heterocycles.